The first-order chi connectivity index (χ1) is 8.95. The topological polar surface area (TPSA) is 105 Å². The standard InChI is InChI=1S/C12H17N3O4/c1-3-4-5-9(12(16)17)14-11-10(15(18)19)6-8(2)7-13-11/h6-7,9H,3-5H2,1-2H3,(H,13,14)(H,16,17)/t9-/m0/s1. The third kappa shape index (κ3) is 4.20. The Morgan fingerprint density at radius 1 is 1.63 bits per heavy atom. The summed E-state index contributed by atoms with van der Waals surface area (Å²) in [5.41, 5.74) is 0.445. The van der Waals surface area contributed by atoms with Crippen molar-refractivity contribution in [3.8, 4) is 0 Å². The number of aryl methyl sites for hydroxylation is 1. The predicted molar refractivity (Wildman–Crippen MR) is 70.2 cm³/mol. The molecular formula is C12H17N3O4. The highest BCUT2D eigenvalue weighted by Gasteiger charge is 2.22. The number of rotatable bonds is 7. The molecule has 1 rings (SSSR count). The third-order valence-electron chi connectivity index (χ3n) is 2.66. The van der Waals surface area contributed by atoms with Crippen molar-refractivity contribution >= 4 is 17.5 Å². The van der Waals surface area contributed by atoms with E-state index in [1.54, 1.807) is 6.92 Å². The zero-order valence-electron chi connectivity index (χ0n) is 10.9. The van der Waals surface area contributed by atoms with E-state index in [1.165, 1.54) is 12.3 Å². The van der Waals surface area contributed by atoms with E-state index in [1.807, 2.05) is 6.92 Å². The molecule has 0 aromatic carbocycles. The molecule has 0 radical (unpaired) electrons. The van der Waals surface area contributed by atoms with Crippen LogP contribution in [0.4, 0.5) is 11.5 Å². The van der Waals surface area contributed by atoms with E-state index in [9.17, 15) is 14.9 Å². The SMILES string of the molecule is CCCC[C@H](Nc1ncc(C)cc1[N+](=O)[O-])C(=O)O. The number of carbonyl (C=O) groups is 1. The van der Waals surface area contributed by atoms with E-state index in [4.69, 9.17) is 5.11 Å². The number of aromatic nitrogens is 1. The van der Waals surface area contributed by atoms with Gasteiger partial charge in [-0.3, -0.25) is 10.1 Å². The maximum atomic E-state index is 11.1. The van der Waals surface area contributed by atoms with Gasteiger partial charge in [-0.2, -0.15) is 0 Å². The Morgan fingerprint density at radius 2 is 2.32 bits per heavy atom. The highest BCUT2D eigenvalue weighted by molar-refractivity contribution is 5.78. The number of unbranched alkanes of at least 4 members (excludes halogenated alkanes) is 1. The Hall–Kier alpha value is -2.18. The summed E-state index contributed by atoms with van der Waals surface area (Å²) in [7, 11) is 0. The molecule has 0 saturated carbocycles. The van der Waals surface area contributed by atoms with Crippen molar-refractivity contribution in [2.24, 2.45) is 0 Å². The van der Waals surface area contributed by atoms with Crippen LogP contribution in [-0.2, 0) is 4.79 Å². The molecule has 1 aromatic rings. The Labute approximate surface area is 110 Å². The van der Waals surface area contributed by atoms with Crippen LogP contribution in [0.15, 0.2) is 12.3 Å². The van der Waals surface area contributed by atoms with E-state index in [0.717, 1.165) is 12.8 Å². The fraction of sp³-hybridized carbons (Fsp3) is 0.500. The summed E-state index contributed by atoms with van der Waals surface area (Å²) in [6, 6.07) is 0.502. The van der Waals surface area contributed by atoms with Crippen molar-refractivity contribution < 1.29 is 14.8 Å². The molecule has 104 valence electrons. The van der Waals surface area contributed by atoms with Crippen LogP contribution >= 0.6 is 0 Å². The smallest absolute Gasteiger partial charge is 0.326 e. The number of carboxylic acids is 1. The van der Waals surface area contributed by atoms with Gasteiger partial charge in [0.2, 0.25) is 5.82 Å². The molecule has 7 nitrogen and oxygen atoms in total. The predicted octanol–water partition coefficient (Wildman–Crippen LogP) is 2.35. The maximum Gasteiger partial charge on any atom is 0.326 e. The monoisotopic (exact) mass is 267 g/mol. The average molecular weight is 267 g/mol. The minimum atomic E-state index is -1.04. The summed E-state index contributed by atoms with van der Waals surface area (Å²) in [6.45, 7) is 3.64. The first-order valence-electron chi connectivity index (χ1n) is 6.06. The lowest BCUT2D eigenvalue weighted by Gasteiger charge is -2.14. The zero-order valence-corrected chi connectivity index (χ0v) is 10.9. The fourth-order valence-corrected chi connectivity index (χ4v) is 1.63. The second-order valence-corrected chi connectivity index (χ2v) is 4.31. The van der Waals surface area contributed by atoms with Crippen LogP contribution in [0, 0.1) is 17.0 Å². The van der Waals surface area contributed by atoms with Crippen LogP contribution in [0.2, 0.25) is 0 Å². The lowest BCUT2D eigenvalue weighted by molar-refractivity contribution is -0.384. The summed E-state index contributed by atoms with van der Waals surface area (Å²) in [5.74, 6) is -1.04. The molecule has 0 spiro atoms. The summed E-state index contributed by atoms with van der Waals surface area (Å²) >= 11 is 0. The van der Waals surface area contributed by atoms with Gasteiger partial charge < -0.3 is 10.4 Å². The van der Waals surface area contributed by atoms with Crippen molar-refractivity contribution in [2.45, 2.75) is 39.2 Å². The molecule has 0 aliphatic rings. The van der Waals surface area contributed by atoms with Crippen molar-refractivity contribution in [3.05, 3.63) is 27.9 Å². The van der Waals surface area contributed by atoms with Gasteiger partial charge in [0, 0.05) is 12.3 Å². The molecule has 7 heteroatoms. The number of aliphatic carboxylic acids is 1. The minimum absolute atomic E-state index is 0.000830. The number of hydrogen-bond donors (Lipinski definition) is 2. The largest absolute Gasteiger partial charge is 0.480 e. The molecule has 0 bridgehead atoms. The molecular weight excluding hydrogens is 250 g/mol. The first kappa shape index (κ1) is 14.9. The molecule has 0 saturated heterocycles. The Kier molecular flexibility index (Phi) is 5.23. The van der Waals surface area contributed by atoms with Crippen LogP contribution in [0.25, 0.3) is 0 Å². The van der Waals surface area contributed by atoms with Gasteiger partial charge in [0.15, 0.2) is 0 Å². The quantitative estimate of drug-likeness (QED) is 0.580. The fourth-order valence-electron chi connectivity index (χ4n) is 1.63. The van der Waals surface area contributed by atoms with E-state index in [2.05, 4.69) is 10.3 Å². The average Bonchev–Trinajstić information content (AvgIpc) is 2.35. The molecule has 0 fully saturated rings. The molecule has 1 atom stereocenters. The van der Waals surface area contributed by atoms with Crippen LogP contribution < -0.4 is 5.32 Å². The van der Waals surface area contributed by atoms with Gasteiger partial charge in [-0.05, 0) is 18.9 Å². The molecule has 0 unspecified atom stereocenters. The lowest BCUT2D eigenvalue weighted by Crippen LogP contribution is -2.29. The summed E-state index contributed by atoms with van der Waals surface area (Å²) in [5, 5.41) is 22.6. The highest BCUT2D eigenvalue weighted by atomic mass is 16.6. The molecule has 2 N–H and O–H groups in total. The molecule has 0 aliphatic carbocycles. The van der Waals surface area contributed by atoms with Crippen molar-refractivity contribution in [1.29, 1.82) is 0 Å². The number of pyridine rings is 1. The summed E-state index contributed by atoms with van der Waals surface area (Å²) in [4.78, 5) is 25.4. The second kappa shape index (κ2) is 6.67. The van der Waals surface area contributed by atoms with E-state index >= 15 is 0 Å². The number of hydrogen-bond acceptors (Lipinski definition) is 5. The zero-order chi connectivity index (χ0) is 14.4. The maximum absolute atomic E-state index is 11.1. The van der Waals surface area contributed by atoms with Crippen LogP contribution in [0.1, 0.15) is 31.7 Å². The molecule has 1 aromatic heterocycles. The summed E-state index contributed by atoms with van der Waals surface area (Å²) in [6.07, 6.45) is 3.45. The number of nitrogens with one attached hydrogen (secondary N) is 1. The Bertz CT molecular complexity index is 476. The molecule has 0 amide bonds. The molecule has 0 aliphatic heterocycles. The third-order valence-corrected chi connectivity index (χ3v) is 2.66. The number of anilines is 1. The van der Waals surface area contributed by atoms with Gasteiger partial charge in [-0.15, -0.1) is 0 Å². The van der Waals surface area contributed by atoms with Crippen LogP contribution in [0.3, 0.4) is 0 Å². The van der Waals surface area contributed by atoms with Crippen molar-refractivity contribution in [2.75, 3.05) is 5.32 Å². The number of nitro groups is 1. The summed E-state index contributed by atoms with van der Waals surface area (Å²) < 4.78 is 0. The van der Waals surface area contributed by atoms with E-state index in [-0.39, 0.29) is 11.5 Å². The van der Waals surface area contributed by atoms with Gasteiger partial charge in [0.25, 0.3) is 0 Å². The van der Waals surface area contributed by atoms with Crippen LogP contribution in [0.5, 0.6) is 0 Å². The van der Waals surface area contributed by atoms with Gasteiger partial charge in [0.1, 0.15) is 6.04 Å². The minimum Gasteiger partial charge on any atom is -0.480 e. The normalized spacial score (nSPS) is 11.9. The van der Waals surface area contributed by atoms with E-state index < -0.39 is 16.9 Å². The highest BCUT2D eigenvalue weighted by Crippen LogP contribution is 2.23. The van der Waals surface area contributed by atoms with Crippen LogP contribution in [-0.4, -0.2) is 27.0 Å². The number of carboxylic acid groups (broad SMARTS) is 1. The van der Waals surface area contributed by atoms with Gasteiger partial charge in [-0.1, -0.05) is 19.8 Å². The second-order valence-electron chi connectivity index (χ2n) is 4.31. The molecule has 19 heavy (non-hydrogen) atoms. The Morgan fingerprint density at radius 3 is 2.84 bits per heavy atom. The Balaban J connectivity index is 2.95. The van der Waals surface area contributed by atoms with Crippen molar-refractivity contribution in [1.82, 2.24) is 4.98 Å². The first-order valence-corrected chi connectivity index (χ1v) is 6.06. The van der Waals surface area contributed by atoms with Crippen molar-refractivity contribution in [3.63, 3.8) is 0 Å². The molecule has 1 heterocycles. The number of nitrogens with zero attached hydrogens (tertiary/aromatic N) is 2. The van der Waals surface area contributed by atoms with Gasteiger partial charge >= 0.3 is 11.7 Å². The van der Waals surface area contributed by atoms with Gasteiger partial charge in [-0.25, -0.2) is 9.78 Å². The van der Waals surface area contributed by atoms with Gasteiger partial charge in [0.05, 0.1) is 4.92 Å². The lowest BCUT2D eigenvalue weighted by atomic mass is 10.1. The van der Waals surface area contributed by atoms with E-state index in [0.29, 0.717) is 12.0 Å².